The van der Waals surface area contributed by atoms with Crippen molar-refractivity contribution in [3.05, 3.63) is 23.2 Å². The lowest BCUT2D eigenvalue weighted by Gasteiger charge is -2.27. The number of furan rings is 1. The molecular formula is C18H34N2O. The van der Waals surface area contributed by atoms with Crippen molar-refractivity contribution in [2.24, 2.45) is 0 Å². The number of nitrogens with zero attached hydrogens (tertiary/aromatic N) is 1. The third kappa shape index (κ3) is 6.23. The molecule has 0 fully saturated rings. The molecule has 0 bridgehead atoms. The van der Waals surface area contributed by atoms with Crippen LogP contribution in [0.5, 0.6) is 0 Å². The molecule has 0 spiro atoms. The summed E-state index contributed by atoms with van der Waals surface area (Å²) in [5, 5.41) is 3.42. The molecule has 1 aromatic rings. The van der Waals surface area contributed by atoms with Crippen LogP contribution in [0.4, 0.5) is 0 Å². The van der Waals surface area contributed by atoms with Gasteiger partial charge in [0, 0.05) is 6.04 Å². The second kappa shape index (κ2) is 10.0. The highest BCUT2D eigenvalue weighted by Gasteiger charge is 2.15. The van der Waals surface area contributed by atoms with Crippen LogP contribution in [0.2, 0.25) is 0 Å². The first-order chi connectivity index (χ1) is 10.1. The Kier molecular flexibility index (Phi) is 8.70. The van der Waals surface area contributed by atoms with Gasteiger partial charge in [0.2, 0.25) is 0 Å². The molecule has 1 unspecified atom stereocenters. The van der Waals surface area contributed by atoms with E-state index in [9.17, 15) is 0 Å². The van der Waals surface area contributed by atoms with Crippen LogP contribution >= 0.6 is 0 Å². The van der Waals surface area contributed by atoms with Crippen molar-refractivity contribution in [1.29, 1.82) is 0 Å². The predicted octanol–water partition coefficient (Wildman–Crippen LogP) is 4.49. The minimum absolute atomic E-state index is 0.614. The molecule has 0 aromatic carbocycles. The minimum atomic E-state index is 0.614. The van der Waals surface area contributed by atoms with E-state index >= 15 is 0 Å². The van der Waals surface area contributed by atoms with Gasteiger partial charge < -0.3 is 9.73 Å². The van der Waals surface area contributed by atoms with E-state index in [-0.39, 0.29) is 0 Å². The maximum Gasteiger partial charge on any atom is 0.120 e. The van der Waals surface area contributed by atoms with Gasteiger partial charge in [0.25, 0.3) is 0 Å². The molecule has 1 atom stereocenters. The van der Waals surface area contributed by atoms with Crippen LogP contribution in [0.15, 0.2) is 10.5 Å². The Hall–Kier alpha value is -0.800. The molecule has 3 nitrogen and oxygen atoms in total. The SMILES string of the molecule is CCCCN(Cc1cc(C)c(CNCCC)o1)C(C)CC. The summed E-state index contributed by atoms with van der Waals surface area (Å²) in [6.45, 7) is 15.2. The lowest BCUT2D eigenvalue weighted by molar-refractivity contribution is 0.176. The fourth-order valence-electron chi connectivity index (χ4n) is 2.50. The van der Waals surface area contributed by atoms with Gasteiger partial charge in [-0.1, -0.05) is 27.2 Å². The normalized spacial score (nSPS) is 13.0. The van der Waals surface area contributed by atoms with E-state index in [0.717, 1.165) is 44.1 Å². The Morgan fingerprint density at radius 2 is 2.00 bits per heavy atom. The highest BCUT2D eigenvalue weighted by molar-refractivity contribution is 5.20. The van der Waals surface area contributed by atoms with Crippen molar-refractivity contribution >= 4 is 0 Å². The Balaban J connectivity index is 2.63. The van der Waals surface area contributed by atoms with Crippen LogP contribution < -0.4 is 5.32 Å². The van der Waals surface area contributed by atoms with Gasteiger partial charge in [-0.15, -0.1) is 0 Å². The van der Waals surface area contributed by atoms with E-state index in [1.165, 1.54) is 24.8 Å². The zero-order valence-corrected chi connectivity index (χ0v) is 14.7. The maximum atomic E-state index is 6.06. The molecule has 0 aliphatic carbocycles. The number of rotatable bonds is 11. The fraction of sp³-hybridized carbons (Fsp3) is 0.778. The molecule has 1 aromatic heterocycles. The summed E-state index contributed by atoms with van der Waals surface area (Å²) in [7, 11) is 0. The van der Waals surface area contributed by atoms with Crippen molar-refractivity contribution in [2.45, 2.75) is 79.4 Å². The second-order valence-electron chi connectivity index (χ2n) is 6.08. The molecular weight excluding hydrogens is 260 g/mol. The van der Waals surface area contributed by atoms with Crippen LogP contribution in [0, 0.1) is 6.92 Å². The first-order valence-electron chi connectivity index (χ1n) is 8.65. The zero-order chi connectivity index (χ0) is 15.7. The summed E-state index contributed by atoms with van der Waals surface area (Å²) in [5.74, 6) is 2.20. The van der Waals surface area contributed by atoms with Crippen molar-refractivity contribution in [3.63, 3.8) is 0 Å². The summed E-state index contributed by atoms with van der Waals surface area (Å²) in [5.41, 5.74) is 1.27. The summed E-state index contributed by atoms with van der Waals surface area (Å²) in [4.78, 5) is 2.55. The van der Waals surface area contributed by atoms with E-state index in [0.29, 0.717) is 6.04 Å². The van der Waals surface area contributed by atoms with Crippen molar-refractivity contribution in [2.75, 3.05) is 13.1 Å². The topological polar surface area (TPSA) is 28.4 Å². The van der Waals surface area contributed by atoms with E-state index in [4.69, 9.17) is 4.42 Å². The summed E-state index contributed by atoms with van der Waals surface area (Å²) in [6, 6.07) is 2.83. The molecule has 1 rings (SSSR count). The smallest absolute Gasteiger partial charge is 0.120 e. The summed E-state index contributed by atoms with van der Waals surface area (Å²) >= 11 is 0. The number of nitrogens with one attached hydrogen (secondary N) is 1. The molecule has 0 aliphatic rings. The summed E-state index contributed by atoms with van der Waals surface area (Å²) in [6.07, 6.45) is 4.85. The number of hydrogen-bond donors (Lipinski definition) is 1. The van der Waals surface area contributed by atoms with Gasteiger partial charge in [-0.05, 0) is 57.8 Å². The Morgan fingerprint density at radius 1 is 1.24 bits per heavy atom. The van der Waals surface area contributed by atoms with E-state index in [1.807, 2.05) is 0 Å². The monoisotopic (exact) mass is 294 g/mol. The first kappa shape index (κ1) is 18.2. The van der Waals surface area contributed by atoms with Gasteiger partial charge in [0.15, 0.2) is 0 Å². The van der Waals surface area contributed by atoms with Crippen molar-refractivity contribution in [3.8, 4) is 0 Å². The Bertz CT molecular complexity index is 387. The van der Waals surface area contributed by atoms with Gasteiger partial charge in [0.1, 0.15) is 11.5 Å². The predicted molar refractivity (Wildman–Crippen MR) is 90.5 cm³/mol. The Morgan fingerprint density at radius 3 is 2.62 bits per heavy atom. The third-order valence-corrected chi connectivity index (χ3v) is 4.16. The molecule has 21 heavy (non-hydrogen) atoms. The summed E-state index contributed by atoms with van der Waals surface area (Å²) < 4.78 is 6.06. The van der Waals surface area contributed by atoms with Crippen LogP contribution in [-0.2, 0) is 13.1 Å². The van der Waals surface area contributed by atoms with Gasteiger partial charge in [-0.25, -0.2) is 0 Å². The lowest BCUT2D eigenvalue weighted by Crippen LogP contribution is -2.32. The zero-order valence-electron chi connectivity index (χ0n) is 14.7. The van der Waals surface area contributed by atoms with Gasteiger partial charge >= 0.3 is 0 Å². The quantitative estimate of drug-likeness (QED) is 0.610. The molecule has 0 saturated heterocycles. The number of aryl methyl sites for hydroxylation is 1. The standard InChI is InChI=1S/C18H34N2O/c1-6-9-11-20(16(5)8-3)14-17-12-15(4)18(21-17)13-19-10-7-2/h12,16,19H,6-11,13-14H2,1-5H3. The van der Waals surface area contributed by atoms with E-state index in [2.05, 4.69) is 50.9 Å². The highest BCUT2D eigenvalue weighted by Crippen LogP contribution is 2.18. The van der Waals surface area contributed by atoms with Crippen LogP contribution in [-0.4, -0.2) is 24.0 Å². The molecule has 1 heterocycles. The molecule has 0 aliphatic heterocycles. The van der Waals surface area contributed by atoms with Crippen molar-refractivity contribution < 1.29 is 4.42 Å². The number of hydrogen-bond acceptors (Lipinski definition) is 3. The second-order valence-corrected chi connectivity index (χ2v) is 6.08. The largest absolute Gasteiger partial charge is 0.463 e. The highest BCUT2D eigenvalue weighted by atomic mass is 16.3. The Labute approximate surface area is 131 Å². The average Bonchev–Trinajstić information content (AvgIpc) is 2.83. The molecule has 122 valence electrons. The molecule has 3 heteroatoms. The molecule has 0 amide bonds. The average molecular weight is 294 g/mol. The van der Waals surface area contributed by atoms with Crippen LogP contribution in [0.25, 0.3) is 0 Å². The minimum Gasteiger partial charge on any atom is -0.463 e. The number of unbranched alkanes of at least 4 members (excludes halogenated alkanes) is 1. The maximum absolute atomic E-state index is 6.06. The van der Waals surface area contributed by atoms with Crippen molar-refractivity contribution in [1.82, 2.24) is 10.2 Å². The van der Waals surface area contributed by atoms with Gasteiger partial charge in [-0.3, -0.25) is 4.90 Å². The van der Waals surface area contributed by atoms with E-state index < -0.39 is 0 Å². The third-order valence-electron chi connectivity index (χ3n) is 4.16. The fourth-order valence-corrected chi connectivity index (χ4v) is 2.50. The molecule has 0 saturated carbocycles. The molecule has 1 N–H and O–H groups in total. The van der Waals surface area contributed by atoms with Crippen LogP contribution in [0.1, 0.15) is 70.5 Å². The lowest BCUT2D eigenvalue weighted by atomic mass is 10.2. The van der Waals surface area contributed by atoms with Crippen LogP contribution in [0.3, 0.4) is 0 Å². The van der Waals surface area contributed by atoms with Gasteiger partial charge in [-0.2, -0.15) is 0 Å². The van der Waals surface area contributed by atoms with E-state index in [1.54, 1.807) is 0 Å². The first-order valence-corrected chi connectivity index (χ1v) is 8.65. The molecule has 0 radical (unpaired) electrons. The van der Waals surface area contributed by atoms with Gasteiger partial charge in [0.05, 0.1) is 13.1 Å².